The summed E-state index contributed by atoms with van der Waals surface area (Å²) in [4.78, 5) is 89.0. The highest BCUT2D eigenvalue weighted by Gasteiger charge is 2.33. The van der Waals surface area contributed by atoms with E-state index in [1.165, 1.54) is 0 Å². The molecule has 1 rings (SSSR count). The Morgan fingerprint density at radius 1 is 0.765 bits per heavy atom. The molecule has 17 heteroatoms. The number of nitrogens with one attached hydrogen (secondary N) is 6. The molecule has 0 aliphatic heterocycles. The standard InChI is InChI=1S/C34H56N8O8S/c1-5-21(4)29(33(48)40-25(34(49)50)16-22-11-7-6-8-12-22)42-32(47)26(19-51)41-31(46)24(15-20(2)3)39-28(44)18-37-27(43)17-38-30(45)23(36)13-9-10-14-35/h6-8,11-12,20-21,23-26,29,51H,5,9-10,13-19,35-36H2,1-4H3,(H,37,43)(H,38,45)(H,39,44)(H,40,48)(H,41,46)(H,42,47)(H,49,50)/t21-,23-,24-,25-,26-,29-/m0/s1. The Morgan fingerprint density at radius 2 is 1.37 bits per heavy atom. The van der Waals surface area contributed by atoms with E-state index in [2.05, 4.69) is 44.5 Å². The van der Waals surface area contributed by atoms with Crippen LogP contribution in [-0.4, -0.2) is 102 Å². The molecule has 0 aliphatic rings. The van der Waals surface area contributed by atoms with Gasteiger partial charge >= 0.3 is 5.97 Å². The van der Waals surface area contributed by atoms with Crippen molar-refractivity contribution in [1.29, 1.82) is 0 Å². The fraction of sp³-hybridized carbons (Fsp3) is 0.618. The number of amides is 6. The van der Waals surface area contributed by atoms with Crippen LogP contribution in [0.15, 0.2) is 30.3 Å². The van der Waals surface area contributed by atoms with Crippen LogP contribution in [0.25, 0.3) is 0 Å². The van der Waals surface area contributed by atoms with Crippen LogP contribution in [0.5, 0.6) is 0 Å². The highest BCUT2D eigenvalue weighted by molar-refractivity contribution is 7.80. The van der Waals surface area contributed by atoms with E-state index >= 15 is 0 Å². The van der Waals surface area contributed by atoms with Crippen LogP contribution in [0.4, 0.5) is 0 Å². The van der Waals surface area contributed by atoms with Gasteiger partial charge in [0.25, 0.3) is 0 Å². The molecule has 0 fully saturated rings. The normalized spacial score (nSPS) is 14.5. The van der Waals surface area contributed by atoms with Crippen molar-refractivity contribution in [2.45, 2.75) is 96.4 Å². The maximum atomic E-state index is 13.4. The second-order valence-electron chi connectivity index (χ2n) is 12.8. The quantitative estimate of drug-likeness (QED) is 0.0455. The summed E-state index contributed by atoms with van der Waals surface area (Å²) in [6.45, 7) is 6.81. The van der Waals surface area contributed by atoms with E-state index in [-0.39, 0.29) is 24.5 Å². The van der Waals surface area contributed by atoms with Gasteiger partial charge in [0.1, 0.15) is 24.2 Å². The smallest absolute Gasteiger partial charge is 0.326 e. The summed E-state index contributed by atoms with van der Waals surface area (Å²) in [5.41, 5.74) is 11.9. The van der Waals surface area contributed by atoms with Crippen LogP contribution >= 0.6 is 12.6 Å². The zero-order chi connectivity index (χ0) is 38.5. The highest BCUT2D eigenvalue weighted by Crippen LogP contribution is 2.11. The van der Waals surface area contributed by atoms with Crippen molar-refractivity contribution in [3.8, 4) is 0 Å². The molecular weight excluding hydrogens is 680 g/mol. The number of unbranched alkanes of at least 4 members (excludes halogenated alkanes) is 1. The number of thiol groups is 1. The number of carbonyl (C=O) groups is 7. The molecule has 16 nitrogen and oxygen atoms in total. The number of hydrogen-bond acceptors (Lipinski definition) is 10. The molecule has 11 N–H and O–H groups in total. The Bertz CT molecular complexity index is 1300. The molecule has 0 heterocycles. The van der Waals surface area contributed by atoms with E-state index in [1.54, 1.807) is 37.3 Å². The number of aliphatic carboxylic acids is 1. The topological polar surface area (TPSA) is 264 Å². The van der Waals surface area contributed by atoms with Gasteiger partial charge in [0.2, 0.25) is 35.4 Å². The van der Waals surface area contributed by atoms with E-state index in [0.29, 0.717) is 31.4 Å². The Morgan fingerprint density at radius 3 is 1.94 bits per heavy atom. The molecule has 51 heavy (non-hydrogen) atoms. The number of carboxylic acid groups (broad SMARTS) is 1. The van der Waals surface area contributed by atoms with Crippen LogP contribution < -0.4 is 43.4 Å². The average molecular weight is 737 g/mol. The van der Waals surface area contributed by atoms with E-state index in [9.17, 15) is 38.7 Å². The molecule has 6 amide bonds. The van der Waals surface area contributed by atoms with Crippen LogP contribution in [0.2, 0.25) is 0 Å². The minimum atomic E-state index is -1.25. The first-order valence-electron chi connectivity index (χ1n) is 17.2. The second kappa shape index (κ2) is 24.1. The molecule has 6 atom stereocenters. The SMILES string of the molecule is CC[C@H](C)[C@H](NC(=O)[C@H](CS)NC(=O)[C@H](CC(C)C)NC(=O)CNC(=O)CNC(=O)[C@@H](N)CCCCN)C(=O)N[C@@H](Cc1ccccc1)C(=O)O. The molecule has 0 spiro atoms. The molecule has 0 unspecified atom stereocenters. The molecule has 0 radical (unpaired) electrons. The minimum absolute atomic E-state index is 0.0340. The number of carbonyl (C=O) groups excluding carboxylic acids is 6. The molecule has 0 aromatic heterocycles. The highest BCUT2D eigenvalue weighted by atomic mass is 32.1. The number of carboxylic acids is 1. The van der Waals surface area contributed by atoms with Gasteiger partial charge in [-0.05, 0) is 43.2 Å². The minimum Gasteiger partial charge on any atom is -0.480 e. The van der Waals surface area contributed by atoms with Crippen molar-refractivity contribution >= 4 is 54.0 Å². The Hall–Kier alpha value is -4.22. The third-order valence-corrected chi connectivity index (χ3v) is 8.41. The van der Waals surface area contributed by atoms with Crippen molar-refractivity contribution in [2.75, 3.05) is 25.4 Å². The maximum Gasteiger partial charge on any atom is 0.326 e. The lowest BCUT2D eigenvalue weighted by atomic mass is 9.97. The first-order valence-corrected chi connectivity index (χ1v) is 17.8. The molecule has 1 aromatic rings. The molecule has 286 valence electrons. The van der Waals surface area contributed by atoms with Crippen LogP contribution in [0, 0.1) is 11.8 Å². The zero-order valence-corrected chi connectivity index (χ0v) is 30.8. The van der Waals surface area contributed by atoms with E-state index in [1.807, 2.05) is 20.8 Å². The predicted octanol–water partition coefficient (Wildman–Crippen LogP) is -1.04. The zero-order valence-electron chi connectivity index (χ0n) is 29.9. The van der Waals surface area contributed by atoms with Crippen LogP contribution in [0.3, 0.4) is 0 Å². The van der Waals surface area contributed by atoms with Crippen molar-refractivity contribution in [3.63, 3.8) is 0 Å². The number of benzene rings is 1. The van der Waals surface area contributed by atoms with Crippen molar-refractivity contribution in [1.82, 2.24) is 31.9 Å². The van der Waals surface area contributed by atoms with Gasteiger partial charge in [0.15, 0.2) is 0 Å². The number of hydrogen-bond donors (Lipinski definition) is 10. The summed E-state index contributed by atoms with van der Waals surface area (Å²) < 4.78 is 0. The number of nitrogens with two attached hydrogens (primary N) is 2. The lowest BCUT2D eigenvalue weighted by Gasteiger charge is -2.28. The Kier molecular flexibility index (Phi) is 21.1. The average Bonchev–Trinajstić information content (AvgIpc) is 3.09. The Balaban J connectivity index is 2.84. The first-order chi connectivity index (χ1) is 24.1. The van der Waals surface area contributed by atoms with Gasteiger partial charge < -0.3 is 48.5 Å². The lowest BCUT2D eigenvalue weighted by Crippen LogP contribution is -2.60. The molecule has 0 bridgehead atoms. The first kappa shape index (κ1) is 44.8. The van der Waals surface area contributed by atoms with E-state index in [4.69, 9.17) is 11.5 Å². The van der Waals surface area contributed by atoms with Gasteiger partial charge in [-0.2, -0.15) is 12.6 Å². The molecule has 0 aliphatic carbocycles. The van der Waals surface area contributed by atoms with Crippen molar-refractivity contribution in [3.05, 3.63) is 35.9 Å². The van der Waals surface area contributed by atoms with Gasteiger partial charge in [-0.15, -0.1) is 0 Å². The van der Waals surface area contributed by atoms with Gasteiger partial charge in [0.05, 0.1) is 19.1 Å². The van der Waals surface area contributed by atoms with E-state index < -0.39 is 90.6 Å². The summed E-state index contributed by atoms with van der Waals surface area (Å²) in [5.74, 6) is -5.78. The lowest BCUT2D eigenvalue weighted by molar-refractivity contribution is -0.142. The second-order valence-corrected chi connectivity index (χ2v) is 13.2. The van der Waals surface area contributed by atoms with Crippen molar-refractivity contribution in [2.24, 2.45) is 23.3 Å². The van der Waals surface area contributed by atoms with Crippen LogP contribution in [0.1, 0.15) is 65.4 Å². The summed E-state index contributed by atoms with van der Waals surface area (Å²) >= 11 is 4.22. The summed E-state index contributed by atoms with van der Waals surface area (Å²) in [5, 5.41) is 24.9. The van der Waals surface area contributed by atoms with Crippen molar-refractivity contribution < 1.29 is 38.7 Å². The van der Waals surface area contributed by atoms with Crippen LogP contribution in [-0.2, 0) is 40.0 Å². The fourth-order valence-electron chi connectivity index (χ4n) is 4.86. The van der Waals surface area contributed by atoms with Gasteiger partial charge in [-0.1, -0.05) is 70.9 Å². The molecule has 0 saturated heterocycles. The van der Waals surface area contributed by atoms with Gasteiger partial charge in [-0.25, -0.2) is 4.79 Å². The summed E-state index contributed by atoms with van der Waals surface area (Å²) in [6, 6.07) is 3.34. The van der Waals surface area contributed by atoms with Gasteiger partial charge in [0, 0.05) is 12.2 Å². The maximum absolute atomic E-state index is 13.4. The van der Waals surface area contributed by atoms with E-state index in [0.717, 1.165) is 6.42 Å². The summed E-state index contributed by atoms with van der Waals surface area (Å²) in [7, 11) is 0. The fourth-order valence-corrected chi connectivity index (χ4v) is 5.12. The third-order valence-electron chi connectivity index (χ3n) is 8.04. The number of rotatable bonds is 24. The molecular formula is C34H56N8O8S. The largest absolute Gasteiger partial charge is 0.480 e. The molecule has 1 aromatic carbocycles. The molecule has 0 saturated carbocycles. The monoisotopic (exact) mass is 736 g/mol. The Labute approximate surface area is 305 Å². The van der Waals surface area contributed by atoms with Gasteiger partial charge in [-0.3, -0.25) is 28.8 Å². The summed E-state index contributed by atoms with van der Waals surface area (Å²) in [6.07, 6.45) is 2.51. The third kappa shape index (κ3) is 17.5. The predicted molar refractivity (Wildman–Crippen MR) is 195 cm³/mol.